The maximum Gasteiger partial charge on any atom is 0.186 e. The fourth-order valence-electron chi connectivity index (χ4n) is 4.43. The topological polar surface area (TPSA) is 55.4 Å². The SMILES string of the molecule is COC[C@H](F)[C@H]1O[C@H](OC)[C@@H](OCc2ccccc2)[C@@H](OCc2ccccc2)[C@@H]1OCc1ccccc1. The van der Waals surface area contributed by atoms with Crippen LogP contribution in [0, 0.1) is 0 Å². The van der Waals surface area contributed by atoms with Gasteiger partial charge in [0.25, 0.3) is 0 Å². The van der Waals surface area contributed by atoms with Gasteiger partial charge in [-0.1, -0.05) is 91.0 Å². The molecule has 6 nitrogen and oxygen atoms in total. The Morgan fingerprint density at radius 2 is 1.08 bits per heavy atom. The summed E-state index contributed by atoms with van der Waals surface area (Å²) < 4.78 is 51.4. The molecule has 3 aromatic rings. The van der Waals surface area contributed by atoms with Gasteiger partial charge in [-0.15, -0.1) is 0 Å². The molecule has 0 unspecified atom stereocenters. The molecule has 1 saturated heterocycles. The first-order valence-corrected chi connectivity index (χ1v) is 12.5. The first-order chi connectivity index (χ1) is 18.2. The third kappa shape index (κ3) is 7.68. The van der Waals surface area contributed by atoms with Gasteiger partial charge < -0.3 is 28.4 Å². The predicted octanol–water partition coefficient (Wildman–Crippen LogP) is 5.10. The van der Waals surface area contributed by atoms with Gasteiger partial charge in [-0.25, -0.2) is 4.39 Å². The van der Waals surface area contributed by atoms with E-state index in [0.29, 0.717) is 13.2 Å². The third-order valence-electron chi connectivity index (χ3n) is 6.30. The number of ether oxygens (including phenoxy) is 6. The van der Waals surface area contributed by atoms with Gasteiger partial charge in [0.1, 0.15) is 24.4 Å². The van der Waals surface area contributed by atoms with E-state index in [1.54, 1.807) is 0 Å². The zero-order valence-corrected chi connectivity index (χ0v) is 21.3. The molecule has 0 aliphatic carbocycles. The second-order valence-corrected chi connectivity index (χ2v) is 8.96. The van der Waals surface area contributed by atoms with Crippen LogP contribution in [0.5, 0.6) is 0 Å². The lowest BCUT2D eigenvalue weighted by Crippen LogP contribution is -2.63. The third-order valence-corrected chi connectivity index (χ3v) is 6.30. The smallest absolute Gasteiger partial charge is 0.186 e. The maximum atomic E-state index is 15.4. The summed E-state index contributed by atoms with van der Waals surface area (Å²) in [5.41, 5.74) is 2.93. The van der Waals surface area contributed by atoms with Gasteiger partial charge in [-0.05, 0) is 16.7 Å². The molecule has 0 bridgehead atoms. The van der Waals surface area contributed by atoms with Crippen molar-refractivity contribution < 1.29 is 32.8 Å². The van der Waals surface area contributed by atoms with Crippen LogP contribution in [0.1, 0.15) is 16.7 Å². The molecule has 1 heterocycles. The molecule has 0 saturated carbocycles. The van der Waals surface area contributed by atoms with E-state index in [1.165, 1.54) is 14.2 Å². The number of halogens is 1. The van der Waals surface area contributed by atoms with Crippen LogP contribution in [0.4, 0.5) is 4.39 Å². The molecule has 1 fully saturated rings. The molecular formula is C30H35FO6. The molecule has 1 aliphatic heterocycles. The second kappa shape index (κ2) is 14.3. The Morgan fingerprint density at radius 3 is 1.51 bits per heavy atom. The molecule has 0 aromatic heterocycles. The van der Waals surface area contributed by atoms with Gasteiger partial charge in [-0.3, -0.25) is 0 Å². The molecular weight excluding hydrogens is 475 g/mol. The van der Waals surface area contributed by atoms with Gasteiger partial charge in [0.15, 0.2) is 12.5 Å². The van der Waals surface area contributed by atoms with Gasteiger partial charge in [0.05, 0.1) is 26.4 Å². The van der Waals surface area contributed by atoms with Crippen LogP contribution in [-0.2, 0) is 48.2 Å². The number of rotatable bonds is 13. The lowest BCUT2D eigenvalue weighted by atomic mass is 9.95. The van der Waals surface area contributed by atoms with Crippen LogP contribution >= 0.6 is 0 Å². The summed E-state index contributed by atoms with van der Waals surface area (Å²) >= 11 is 0. The van der Waals surface area contributed by atoms with E-state index in [9.17, 15) is 0 Å². The monoisotopic (exact) mass is 510 g/mol. The first kappa shape index (κ1) is 27.4. The number of alkyl halides is 1. The molecule has 0 amide bonds. The zero-order chi connectivity index (χ0) is 25.9. The normalized spacial score (nSPS) is 24.6. The average Bonchev–Trinajstić information content (AvgIpc) is 2.95. The molecule has 7 heteroatoms. The van der Waals surface area contributed by atoms with E-state index in [0.717, 1.165) is 16.7 Å². The van der Waals surface area contributed by atoms with Crippen LogP contribution < -0.4 is 0 Å². The predicted molar refractivity (Wildman–Crippen MR) is 137 cm³/mol. The van der Waals surface area contributed by atoms with Crippen molar-refractivity contribution in [3.8, 4) is 0 Å². The van der Waals surface area contributed by atoms with Crippen molar-refractivity contribution in [1.82, 2.24) is 0 Å². The van der Waals surface area contributed by atoms with Crippen molar-refractivity contribution in [3.63, 3.8) is 0 Å². The van der Waals surface area contributed by atoms with Crippen LogP contribution in [0.3, 0.4) is 0 Å². The quantitative estimate of drug-likeness (QED) is 0.319. The molecule has 198 valence electrons. The van der Waals surface area contributed by atoms with Crippen molar-refractivity contribution in [2.24, 2.45) is 0 Å². The largest absolute Gasteiger partial charge is 0.382 e. The molecule has 0 spiro atoms. The van der Waals surface area contributed by atoms with E-state index in [-0.39, 0.29) is 13.2 Å². The minimum atomic E-state index is -1.46. The standard InChI is InChI=1S/C30H35FO6/c1-32-21-25(31)26-27(34-18-22-12-6-3-7-13-22)28(35-19-23-14-8-4-9-15-23)29(30(33-2)37-26)36-20-24-16-10-5-11-17-24/h3-17,25-30H,18-21H2,1-2H3/t25-,26+,27+,28-,29-,30-/m0/s1. The minimum Gasteiger partial charge on any atom is -0.382 e. The van der Waals surface area contributed by atoms with E-state index in [2.05, 4.69) is 0 Å². The summed E-state index contributed by atoms with van der Waals surface area (Å²) in [6.07, 6.45) is -5.41. The number of methoxy groups -OCH3 is 2. The number of hydrogen-bond acceptors (Lipinski definition) is 6. The van der Waals surface area contributed by atoms with Gasteiger partial charge in [-0.2, -0.15) is 0 Å². The molecule has 37 heavy (non-hydrogen) atoms. The summed E-state index contributed by atoms with van der Waals surface area (Å²) in [5.74, 6) is 0. The molecule has 1 aliphatic rings. The molecule has 3 aromatic carbocycles. The van der Waals surface area contributed by atoms with Crippen molar-refractivity contribution in [2.75, 3.05) is 20.8 Å². The van der Waals surface area contributed by atoms with Gasteiger partial charge >= 0.3 is 0 Å². The summed E-state index contributed by atoms with van der Waals surface area (Å²) in [7, 11) is 2.97. The molecule has 6 atom stereocenters. The van der Waals surface area contributed by atoms with Crippen molar-refractivity contribution >= 4 is 0 Å². The highest BCUT2D eigenvalue weighted by Gasteiger charge is 2.51. The Kier molecular flexibility index (Phi) is 10.6. The second-order valence-electron chi connectivity index (χ2n) is 8.96. The van der Waals surface area contributed by atoms with Crippen molar-refractivity contribution in [2.45, 2.75) is 56.7 Å². The molecule has 4 rings (SSSR count). The van der Waals surface area contributed by atoms with Crippen LogP contribution in [0.25, 0.3) is 0 Å². The zero-order valence-electron chi connectivity index (χ0n) is 21.3. The van der Waals surface area contributed by atoms with Crippen molar-refractivity contribution in [3.05, 3.63) is 108 Å². The summed E-state index contributed by atoms with van der Waals surface area (Å²) in [5, 5.41) is 0. The Labute approximate surface area is 218 Å². The Morgan fingerprint density at radius 1 is 0.649 bits per heavy atom. The maximum absolute atomic E-state index is 15.4. The fraction of sp³-hybridized carbons (Fsp3) is 0.400. The van der Waals surface area contributed by atoms with Crippen molar-refractivity contribution in [1.29, 1.82) is 0 Å². The highest BCUT2D eigenvalue weighted by Crippen LogP contribution is 2.33. The Hall–Kier alpha value is -2.65. The average molecular weight is 511 g/mol. The van der Waals surface area contributed by atoms with Crippen LogP contribution in [0.15, 0.2) is 91.0 Å². The highest BCUT2D eigenvalue weighted by molar-refractivity contribution is 5.15. The molecule has 0 radical (unpaired) electrons. The fourth-order valence-corrected chi connectivity index (χ4v) is 4.43. The van der Waals surface area contributed by atoms with E-state index >= 15 is 4.39 Å². The van der Waals surface area contributed by atoms with E-state index in [4.69, 9.17) is 28.4 Å². The van der Waals surface area contributed by atoms with E-state index in [1.807, 2.05) is 91.0 Å². The van der Waals surface area contributed by atoms with E-state index < -0.39 is 36.9 Å². The number of benzene rings is 3. The highest BCUT2D eigenvalue weighted by atomic mass is 19.1. The van der Waals surface area contributed by atoms with Gasteiger partial charge in [0.2, 0.25) is 0 Å². The minimum absolute atomic E-state index is 0.146. The first-order valence-electron chi connectivity index (χ1n) is 12.5. The van der Waals surface area contributed by atoms with Crippen LogP contribution in [-0.4, -0.2) is 57.7 Å². The number of hydrogen-bond donors (Lipinski definition) is 0. The van der Waals surface area contributed by atoms with Gasteiger partial charge in [0, 0.05) is 14.2 Å². The molecule has 0 N–H and O–H groups in total. The Balaban J connectivity index is 1.62. The summed E-state index contributed by atoms with van der Waals surface area (Å²) in [6, 6.07) is 29.4. The summed E-state index contributed by atoms with van der Waals surface area (Å²) in [4.78, 5) is 0. The van der Waals surface area contributed by atoms with Crippen LogP contribution in [0.2, 0.25) is 0 Å². The lowest BCUT2D eigenvalue weighted by molar-refractivity contribution is -0.327. The summed E-state index contributed by atoms with van der Waals surface area (Å²) in [6.45, 7) is 0.728. The lowest BCUT2D eigenvalue weighted by Gasteiger charge is -2.46. The Bertz CT molecular complexity index is 1020.